The van der Waals surface area contributed by atoms with Crippen LogP contribution in [-0.4, -0.2) is 47.5 Å². The van der Waals surface area contributed by atoms with Crippen LogP contribution >= 0.6 is 11.6 Å². The Morgan fingerprint density at radius 1 is 1.00 bits per heavy atom. The van der Waals surface area contributed by atoms with Crippen molar-refractivity contribution in [2.45, 2.75) is 26.1 Å². The molecule has 37 heavy (non-hydrogen) atoms. The highest BCUT2D eigenvalue weighted by molar-refractivity contribution is 6.30. The molecule has 192 valence electrons. The fourth-order valence-corrected chi connectivity index (χ4v) is 4.17. The van der Waals surface area contributed by atoms with Crippen LogP contribution in [0.25, 0.3) is 0 Å². The molecular weight excluding hydrogens is 494 g/mol. The number of ether oxygens (including phenoxy) is 2. The van der Waals surface area contributed by atoms with Crippen LogP contribution < -0.4 is 10.1 Å². The number of rotatable bonds is 9. The van der Waals surface area contributed by atoms with Gasteiger partial charge in [0.2, 0.25) is 5.91 Å². The van der Waals surface area contributed by atoms with Gasteiger partial charge in [0.05, 0.1) is 19.4 Å². The molecule has 2 atom stereocenters. The topological polar surface area (TPSA) is 88.2 Å². The van der Waals surface area contributed by atoms with Crippen LogP contribution in [0, 0.1) is 5.92 Å². The third kappa shape index (κ3) is 6.59. The number of carbonyl (C=O) groups is 3. The highest BCUT2D eigenvalue weighted by Crippen LogP contribution is 2.27. The summed E-state index contributed by atoms with van der Waals surface area (Å²) in [6, 6.07) is 23.4. The Morgan fingerprint density at radius 2 is 1.65 bits per heavy atom. The predicted octanol–water partition coefficient (Wildman–Crippen LogP) is 5.53. The first-order valence-electron chi connectivity index (χ1n) is 11.9. The van der Waals surface area contributed by atoms with Crippen LogP contribution in [0.2, 0.25) is 5.02 Å². The third-order valence-corrected chi connectivity index (χ3v) is 6.27. The number of imide groups is 1. The molecule has 9 heteroatoms. The molecule has 0 spiro atoms. The van der Waals surface area contributed by atoms with Crippen molar-refractivity contribution in [3.8, 4) is 11.5 Å². The van der Waals surface area contributed by atoms with E-state index in [0.29, 0.717) is 10.8 Å². The minimum absolute atomic E-state index is 0.0372. The van der Waals surface area contributed by atoms with E-state index in [1.807, 2.05) is 66.7 Å². The first-order chi connectivity index (χ1) is 17.8. The molecule has 0 saturated carbocycles. The normalized spacial score (nSPS) is 16.4. The zero-order chi connectivity index (χ0) is 26.4. The van der Waals surface area contributed by atoms with Gasteiger partial charge in [0.1, 0.15) is 17.7 Å². The summed E-state index contributed by atoms with van der Waals surface area (Å²) in [5, 5.41) is 3.89. The fourth-order valence-electron chi connectivity index (χ4n) is 4.04. The number of hydrogen-bond acceptors (Lipinski definition) is 6. The molecule has 1 N–H and O–H groups in total. The van der Waals surface area contributed by atoms with Crippen molar-refractivity contribution in [1.82, 2.24) is 9.80 Å². The van der Waals surface area contributed by atoms with Crippen molar-refractivity contribution >= 4 is 35.2 Å². The Balaban J connectivity index is 1.52. The maximum absolute atomic E-state index is 13.5. The van der Waals surface area contributed by atoms with E-state index in [4.69, 9.17) is 21.1 Å². The molecule has 1 fully saturated rings. The van der Waals surface area contributed by atoms with Gasteiger partial charge in [0.25, 0.3) is 0 Å². The Bertz CT molecular complexity index is 1230. The molecule has 0 bridgehead atoms. The molecule has 0 radical (unpaired) electrons. The minimum Gasteiger partial charge on any atom is -0.469 e. The fraction of sp³-hybridized carbons (Fsp3) is 0.250. The lowest BCUT2D eigenvalue weighted by atomic mass is 10.1. The van der Waals surface area contributed by atoms with E-state index in [1.54, 1.807) is 24.0 Å². The van der Waals surface area contributed by atoms with E-state index in [0.717, 1.165) is 21.9 Å². The van der Waals surface area contributed by atoms with Gasteiger partial charge in [-0.15, -0.1) is 0 Å². The molecule has 1 saturated heterocycles. The van der Waals surface area contributed by atoms with Gasteiger partial charge in [-0.25, -0.2) is 4.79 Å². The SMILES string of the molecule is COC(=O)[C@@H](C)CN1C(=O)CC(Nc2ccc(Oc3ccccc3)cc2)N(Cc2ccc(Cl)cc2)C1=O. The van der Waals surface area contributed by atoms with Gasteiger partial charge in [-0.3, -0.25) is 19.4 Å². The number of hydrogen-bond donors (Lipinski definition) is 1. The highest BCUT2D eigenvalue weighted by Gasteiger charge is 2.40. The van der Waals surface area contributed by atoms with Crippen molar-refractivity contribution in [1.29, 1.82) is 0 Å². The van der Waals surface area contributed by atoms with Crippen molar-refractivity contribution in [2.75, 3.05) is 19.0 Å². The number of halogens is 1. The van der Waals surface area contributed by atoms with E-state index in [2.05, 4.69) is 5.32 Å². The molecule has 1 aliphatic heterocycles. The minimum atomic E-state index is -0.642. The van der Waals surface area contributed by atoms with Gasteiger partial charge in [-0.05, 0) is 54.1 Å². The van der Waals surface area contributed by atoms with Gasteiger partial charge in [-0.2, -0.15) is 0 Å². The predicted molar refractivity (Wildman–Crippen MR) is 140 cm³/mol. The van der Waals surface area contributed by atoms with Crippen LogP contribution in [0.4, 0.5) is 10.5 Å². The largest absolute Gasteiger partial charge is 0.469 e. The Morgan fingerprint density at radius 3 is 2.30 bits per heavy atom. The molecule has 0 aromatic heterocycles. The molecule has 1 heterocycles. The molecule has 8 nitrogen and oxygen atoms in total. The maximum atomic E-state index is 13.5. The molecule has 4 rings (SSSR count). The van der Waals surface area contributed by atoms with Crippen molar-refractivity contribution in [2.24, 2.45) is 5.92 Å². The van der Waals surface area contributed by atoms with E-state index in [1.165, 1.54) is 7.11 Å². The number of para-hydroxylation sites is 1. The molecule has 0 aliphatic carbocycles. The average molecular weight is 522 g/mol. The Hall–Kier alpha value is -4.04. The number of esters is 1. The number of anilines is 1. The zero-order valence-electron chi connectivity index (χ0n) is 20.6. The first kappa shape index (κ1) is 26.0. The number of amides is 3. The van der Waals surface area contributed by atoms with Gasteiger partial charge in [-0.1, -0.05) is 48.9 Å². The summed E-state index contributed by atoms with van der Waals surface area (Å²) in [5.41, 5.74) is 1.58. The van der Waals surface area contributed by atoms with Gasteiger partial charge in [0, 0.05) is 23.8 Å². The maximum Gasteiger partial charge on any atom is 0.328 e. The molecular formula is C28H28ClN3O5. The van der Waals surface area contributed by atoms with Gasteiger partial charge in [0.15, 0.2) is 0 Å². The smallest absolute Gasteiger partial charge is 0.328 e. The molecule has 3 aromatic rings. The van der Waals surface area contributed by atoms with Crippen LogP contribution in [0.1, 0.15) is 18.9 Å². The van der Waals surface area contributed by atoms with E-state index >= 15 is 0 Å². The first-order valence-corrected chi connectivity index (χ1v) is 12.2. The van der Waals surface area contributed by atoms with E-state index < -0.39 is 24.1 Å². The van der Waals surface area contributed by atoms with Crippen molar-refractivity contribution in [3.05, 3.63) is 89.4 Å². The number of nitrogens with zero attached hydrogens (tertiary/aromatic N) is 2. The second-order valence-electron chi connectivity index (χ2n) is 8.77. The van der Waals surface area contributed by atoms with Gasteiger partial charge >= 0.3 is 12.0 Å². The standard InChI is InChI=1S/C28H28ClN3O5/c1-19(27(34)36-2)17-32-26(33)16-25(31(28(32)35)18-20-8-10-21(29)11-9-20)30-22-12-14-24(15-13-22)37-23-6-4-3-5-7-23/h3-15,19,25,30H,16-18H2,1-2H3/t19-,25?/m0/s1. The van der Waals surface area contributed by atoms with Crippen molar-refractivity contribution in [3.63, 3.8) is 0 Å². The average Bonchev–Trinajstić information content (AvgIpc) is 2.91. The molecule has 3 amide bonds. The molecule has 3 aromatic carbocycles. The third-order valence-electron chi connectivity index (χ3n) is 6.01. The zero-order valence-corrected chi connectivity index (χ0v) is 21.4. The summed E-state index contributed by atoms with van der Waals surface area (Å²) in [5.74, 6) is -0.106. The van der Waals surface area contributed by atoms with Crippen LogP contribution in [0.15, 0.2) is 78.9 Å². The quantitative estimate of drug-likeness (QED) is 0.372. The van der Waals surface area contributed by atoms with Crippen LogP contribution in [-0.2, 0) is 20.9 Å². The Labute approximate surface area is 220 Å². The monoisotopic (exact) mass is 521 g/mol. The lowest BCUT2D eigenvalue weighted by Crippen LogP contribution is -2.59. The highest BCUT2D eigenvalue weighted by atomic mass is 35.5. The molecule has 1 unspecified atom stereocenters. The summed E-state index contributed by atoms with van der Waals surface area (Å²) in [6.07, 6.45) is -0.559. The van der Waals surface area contributed by atoms with Gasteiger partial charge < -0.3 is 14.8 Å². The molecule has 1 aliphatic rings. The number of nitrogens with one attached hydrogen (secondary N) is 1. The lowest BCUT2D eigenvalue weighted by molar-refractivity contribution is -0.146. The Kier molecular flexibility index (Phi) is 8.30. The number of methoxy groups -OCH3 is 1. The number of benzene rings is 3. The number of urea groups is 1. The number of carbonyl (C=O) groups excluding carboxylic acids is 3. The summed E-state index contributed by atoms with van der Waals surface area (Å²) in [7, 11) is 1.28. The summed E-state index contributed by atoms with van der Waals surface area (Å²) < 4.78 is 10.6. The van der Waals surface area contributed by atoms with E-state index in [-0.39, 0.29) is 25.4 Å². The van der Waals surface area contributed by atoms with Crippen molar-refractivity contribution < 1.29 is 23.9 Å². The van der Waals surface area contributed by atoms with Crippen LogP contribution in [0.5, 0.6) is 11.5 Å². The van der Waals surface area contributed by atoms with E-state index in [9.17, 15) is 14.4 Å². The summed E-state index contributed by atoms with van der Waals surface area (Å²) in [6.45, 7) is 1.82. The van der Waals surface area contributed by atoms with Crippen LogP contribution in [0.3, 0.4) is 0 Å². The second-order valence-corrected chi connectivity index (χ2v) is 9.21. The second kappa shape index (κ2) is 11.8. The summed E-state index contributed by atoms with van der Waals surface area (Å²) >= 11 is 6.03. The lowest BCUT2D eigenvalue weighted by Gasteiger charge is -2.41. The summed E-state index contributed by atoms with van der Waals surface area (Å²) in [4.78, 5) is 41.1.